The molecule has 2 N–H and O–H groups in total. The number of nitrogens with zero attached hydrogens (tertiary/aromatic N) is 3. The van der Waals surface area contributed by atoms with Gasteiger partial charge in [0.15, 0.2) is 6.29 Å². The van der Waals surface area contributed by atoms with Gasteiger partial charge in [-0.2, -0.15) is 0 Å². The van der Waals surface area contributed by atoms with E-state index in [1.54, 1.807) is 0 Å². The Hall–Kier alpha value is -1.59. The zero-order chi connectivity index (χ0) is 13.8. The van der Waals surface area contributed by atoms with Gasteiger partial charge in [0.2, 0.25) is 0 Å². The second-order valence-electron chi connectivity index (χ2n) is 5.09. The van der Waals surface area contributed by atoms with Crippen molar-refractivity contribution in [3.8, 4) is 0 Å². The van der Waals surface area contributed by atoms with Gasteiger partial charge < -0.3 is 15.5 Å². The van der Waals surface area contributed by atoms with Crippen molar-refractivity contribution >= 4 is 17.7 Å². The quantitative estimate of drug-likeness (QED) is 0.632. The first-order chi connectivity index (χ1) is 9.11. The van der Waals surface area contributed by atoms with Gasteiger partial charge in [0.05, 0.1) is 0 Å². The van der Waals surface area contributed by atoms with Crippen molar-refractivity contribution in [2.45, 2.75) is 6.17 Å². The number of aldehydes is 1. The van der Waals surface area contributed by atoms with Crippen LogP contribution in [0.5, 0.6) is 0 Å². The molecule has 1 unspecified atom stereocenters. The van der Waals surface area contributed by atoms with Crippen molar-refractivity contribution in [1.29, 1.82) is 0 Å². The molecule has 0 radical (unpaired) electrons. The second-order valence-corrected chi connectivity index (χ2v) is 5.09. The van der Waals surface area contributed by atoms with Crippen LogP contribution in [-0.4, -0.2) is 62.5 Å². The monoisotopic (exact) mass is 262 g/mol. The van der Waals surface area contributed by atoms with Crippen molar-refractivity contribution < 1.29 is 4.79 Å². The van der Waals surface area contributed by atoms with Crippen LogP contribution < -0.4 is 10.6 Å². The molecule has 1 aliphatic heterocycles. The number of anilines is 2. The lowest BCUT2D eigenvalue weighted by atomic mass is 10.2. The predicted octanol–water partition coefficient (Wildman–Crippen LogP) is 0.477. The van der Waals surface area contributed by atoms with E-state index in [-0.39, 0.29) is 6.17 Å². The highest BCUT2D eigenvalue weighted by Crippen LogP contribution is 2.18. The van der Waals surface area contributed by atoms with Crippen LogP contribution in [-0.2, 0) is 4.79 Å². The number of piperazine rings is 1. The maximum atomic E-state index is 11.4. The molecule has 0 aromatic heterocycles. The molecule has 1 aromatic carbocycles. The summed E-state index contributed by atoms with van der Waals surface area (Å²) in [4.78, 5) is 17.9. The molecule has 1 fully saturated rings. The van der Waals surface area contributed by atoms with E-state index >= 15 is 0 Å². The van der Waals surface area contributed by atoms with Crippen molar-refractivity contribution in [3.05, 3.63) is 24.3 Å². The number of nitrogen functional groups attached to an aromatic ring is 1. The van der Waals surface area contributed by atoms with Gasteiger partial charge in [0.25, 0.3) is 0 Å². The topological polar surface area (TPSA) is 52.8 Å². The Morgan fingerprint density at radius 3 is 2.32 bits per heavy atom. The number of rotatable bonds is 4. The zero-order valence-electron chi connectivity index (χ0n) is 11.6. The van der Waals surface area contributed by atoms with E-state index in [2.05, 4.69) is 16.8 Å². The Bertz CT molecular complexity index is 412. The summed E-state index contributed by atoms with van der Waals surface area (Å²) >= 11 is 0. The third-order valence-electron chi connectivity index (χ3n) is 3.73. The van der Waals surface area contributed by atoms with Gasteiger partial charge in [-0.05, 0) is 31.3 Å². The van der Waals surface area contributed by atoms with E-state index in [1.165, 1.54) is 0 Å². The summed E-state index contributed by atoms with van der Waals surface area (Å²) in [6.07, 6.45) is 0.805. The summed E-state index contributed by atoms with van der Waals surface area (Å²) in [5.74, 6) is 0. The van der Waals surface area contributed by atoms with E-state index in [4.69, 9.17) is 5.73 Å². The molecule has 1 aromatic rings. The Balaban J connectivity index is 2.08. The van der Waals surface area contributed by atoms with Crippen LogP contribution in [0.1, 0.15) is 0 Å². The Morgan fingerprint density at radius 2 is 1.79 bits per heavy atom. The van der Waals surface area contributed by atoms with E-state index in [9.17, 15) is 4.79 Å². The van der Waals surface area contributed by atoms with Gasteiger partial charge in [-0.3, -0.25) is 9.69 Å². The minimum atomic E-state index is -0.211. The van der Waals surface area contributed by atoms with Crippen LogP contribution in [0, 0.1) is 0 Å². The van der Waals surface area contributed by atoms with Crippen molar-refractivity contribution in [3.63, 3.8) is 0 Å². The second kappa shape index (κ2) is 6.04. The number of benzene rings is 1. The summed E-state index contributed by atoms with van der Waals surface area (Å²) in [5.41, 5.74) is 7.43. The SMILES string of the molecule is CN1CCN(C(C=O)N(C)c2ccc(N)cc2)CC1. The molecule has 1 heterocycles. The maximum Gasteiger partial charge on any atom is 0.157 e. The van der Waals surface area contributed by atoms with Gasteiger partial charge in [-0.1, -0.05) is 0 Å². The lowest BCUT2D eigenvalue weighted by Crippen LogP contribution is -2.55. The molecule has 0 aliphatic carbocycles. The molecule has 5 nitrogen and oxygen atoms in total. The summed E-state index contributed by atoms with van der Waals surface area (Å²) in [7, 11) is 4.06. The van der Waals surface area contributed by atoms with Gasteiger partial charge in [0.1, 0.15) is 6.17 Å². The highest BCUT2D eigenvalue weighted by atomic mass is 16.1. The fraction of sp³-hybridized carbons (Fsp3) is 0.500. The molecule has 0 amide bonds. The average molecular weight is 262 g/mol. The largest absolute Gasteiger partial charge is 0.399 e. The summed E-state index contributed by atoms with van der Waals surface area (Å²) < 4.78 is 0. The lowest BCUT2D eigenvalue weighted by molar-refractivity contribution is -0.112. The smallest absolute Gasteiger partial charge is 0.157 e. The highest BCUT2D eigenvalue weighted by Gasteiger charge is 2.25. The summed E-state index contributed by atoms with van der Waals surface area (Å²) in [6.45, 7) is 3.83. The molecular formula is C14H22N4O. The average Bonchev–Trinajstić information content (AvgIpc) is 2.42. The van der Waals surface area contributed by atoms with Crippen LogP contribution >= 0.6 is 0 Å². The van der Waals surface area contributed by atoms with Crippen LogP contribution in [0.15, 0.2) is 24.3 Å². The Morgan fingerprint density at radius 1 is 1.21 bits per heavy atom. The third kappa shape index (κ3) is 3.24. The molecule has 1 saturated heterocycles. The van der Waals surface area contributed by atoms with Crippen molar-refractivity contribution in [2.24, 2.45) is 0 Å². The first-order valence-corrected chi connectivity index (χ1v) is 6.58. The minimum absolute atomic E-state index is 0.211. The summed E-state index contributed by atoms with van der Waals surface area (Å²) in [5, 5.41) is 0. The van der Waals surface area contributed by atoms with Crippen molar-refractivity contribution in [1.82, 2.24) is 9.80 Å². The van der Waals surface area contributed by atoms with Crippen LogP contribution in [0.4, 0.5) is 11.4 Å². The van der Waals surface area contributed by atoms with E-state index in [0.717, 1.165) is 43.8 Å². The standard InChI is InChI=1S/C14H22N4O/c1-16-7-9-18(10-8-16)14(11-19)17(2)13-5-3-12(15)4-6-13/h3-6,11,14H,7-10,15H2,1-2H3. The van der Waals surface area contributed by atoms with Crippen LogP contribution in [0.25, 0.3) is 0 Å². The Labute approximate surface area is 114 Å². The minimum Gasteiger partial charge on any atom is -0.399 e. The highest BCUT2D eigenvalue weighted by molar-refractivity contribution is 5.66. The molecule has 0 spiro atoms. The van der Waals surface area contributed by atoms with Gasteiger partial charge >= 0.3 is 0 Å². The van der Waals surface area contributed by atoms with Gasteiger partial charge in [0, 0.05) is 44.6 Å². The molecular weight excluding hydrogens is 240 g/mol. The number of hydrogen-bond acceptors (Lipinski definition) is 5. The fourth-order valence-corrected chi connectivity index (χ4v) is 2.37. The Kier molecular flexibility index (Phi) is 4.39. The lowest BCUT2D eigenvalue weighted by Gasteiger charge is -2.40. The van der Waals surface area contributed by atoms with Crippen molar-refractivity contribution in [2.75, 3.05) is 50.9 Å². The normalized spacial score (nSPS) is 19.1. The van der Waals surface area contributed by atoms with Crippen LogP contribution in [0.2, 0.25) is 0 Å². The molecule has 1 atom stereocenters. The molecule has 5 heteroatoms. The van der Waals surface area contributed by atoms with E-state index < -0.39 is 0 Å². The molecule has 19 heavy (non-hydrogen) atoms. The van der Waals surface area contributed by atoms with Gasteiger partial charge in [-0.15, -0.1) is 0 Å². The van der Waals surface area contributed by atoms with Gasteiger partial charge in [-0.25, -0.2) is 0 Å². The number of likely N-dealkylation sites (N-methyl/N-ethyl adjacent to an activating group) is 2. The van der Waals surface area contributed by atoms with E-state index in [0.29, 0.717) is 0 Å². The number of nitrogens with two attached hydrogens (primary N) is 1. The fourth-order valence-electron chi connectivity index (χ4n) is 2.37. The predicted molar refractivity (Wildman–Crippen MR) is 78.2 cm³/mol. The first kappa shape index (κ1) is 13.8. The van der Waals surface area contributed by atoms with Crippen LogP contribution in [0.3, 0.4) is 0 Å². The molecule has 104 valence electrons. The molecule has 2 rings (SSSR count). The molecule has 0 bridgehead atoms. The number of hydrogen-bond donors (Lipinski definition) is 1. The summed E-state index contributed by atoms with van der Waals surface area (Å²) in [6, 6.07) is 7.61. The van der Waals surface area contributed by atoms with E-state index in [1.807, 2.05) is 36.2 Å². The number of carbonyl (C=O) groups excluding carboxylic acids is 1. The molecule has 0 saturated carbocycles. The maximum absolute atomic E-state index is 11.4. The first-order valence-electron chi connectivity index (χ1n) is 6.58. The number of carbonyl (C=O) groups is 1. The third-order valence-corrected chi connectivity index (χ3v) is 3.73. The zero-order valence-corrected chi connectivity index (χ0v) is 11.6. The molecule has 1 aliphatic rings.